The van der Waals surface area contributed by atoms with Crippen molar-refractivity contribution in [3.05, 3.63) is 239 Å². The molecule has 0 fully saturated rings. The highest BCUT2D eigenvalue weighted by Gasteiger charge is 2.52. The topological polar surface area (TPSA) is 21.7 Å². The number of hydrogen-bond acceptors (Lipinski definition) is 3. The maximum absolute atomic E-state index is 7.11. The Balaban J connectivity index is 1.14. The van der Waals surface area contributed by atoms with Crippen LogP contribution in [0.2, 0.25) is 0 Å². The van der Waals surface area contributed by atoms with Gasteiger partial charge >= 0.3 is 0 Å². The second-order valence-corrected chi connectivity index (χ2v) is 19.7. The Bertz CT molecular complexity index is 3240. The summed E-state index contributed by atoms with van der Waals surface area (Å²) in [6.45, 7) is 14.0. The summed E-state index contributed by atoms with van der Waals surface area (Å²) in [5, 5.41) is 0. The Labute approximate surface area is 401 Å². The maximum atomic E-state index is 7.11. The van der Waals surface area contributed by atoms with E-state index in [2.05, 4.69) is 247 Å². The molecule has 12 rings (SSSR count). The van der Waals surface area contributed by atoms with E-state index in [0.29, 0.717) is 17.8 Å². The molecule has 0 radical (unpaired) electrons. The van der Waals surface area contributed by atoms with Crippen molar-refractivity contribution in [2.24, 2.45) is 0 Å². The smallest absolute Gasteiger partial charge is 0.251 e. The number of ether oxygens (including phenoxy) is 2. The molecule has 330 valence electrons. The highest BCUT2D eigenvalue weighted by molar-refractivity contribution is 6.97. The monoisotopic (exact) mass is 879 g/mol. The van der Waals surface area contributed by atoms with Gasteiger partial charge in [0.2, 0.25) is 0 Å². The van der Waals surface area contributed by atoms with E-state index >= 15 is 0 Å². The van der Waals surface area contributed by atoms with E-state index in [4.69, 9.17) is 9.47 Å². The van der Waals surface area contributed by atoms with Gasteiger partial charge in [0, 0.05) is 22.9 Å². The van der Waals surface area contributed by atoms with Crippen molar-refractivity contribution in [3.63, 3.8) is 0 Å². The van der Waals surface area contributed by atoms with Crippen LogP contribution in [0.1, 0.15) is 98.2 Å². The Morgan fingerprint density at radius 2 is 0.853 bits per heavy atom. The number of benzene rings is 9. The first kappa shape index (κ1) is 41.8. The van der Waals surface area contributed by atoms with Crippen LogP contribution in [0.5, 0.6) is 23.0 Å². The van der Waals surface area contributed by atoms with Crippen LogP contribution < -0.4 is 30.8 Å². The first-order chi connectivity index (χ1) is 33.2. The van der Waals surface area contributed by atoms with Gasteiger partial charge in [-0.1, -0.05) is 193 Å². The molecule has 0 amide bonds. The van der Waals surface area contributed by atoms with Crippen molar-refractivity contribution in [3.8, 4) is 45.3 Å². The normalized spacial score (nSPS) is 13.8. The van der Waals surface area contributed by atoms with E-state index < -0.39 is 5.41 Å². The van der Waals surface area contributed by atoms with Crippen LogP contribution in [0, 0.1) is 0 Å². The number of para-hydroxylation sites is 3. The fourth-order valence-corrected chi connectivity index (χ4v) is 11.6. The second kappa shape index (κ2) is 16.3. The zero-order valence-electron chi connectivity index (χ0n) is 39.6. The minimum Gasteiger partial charge on any atom is -0.458 e. The van der Waals surface area contributed by atoms with E-state index in [-0.39, 0.29) is 6.71 Å². The van der Waals surface area contributed by atoms with Crippen LogP contribution in [0.15, 0.2) is 200 Å². The molecule has 0 aliphatic carbocycles. The first-order valence-corrected chi connectivity index (χ1v) is 24.4. The third-order valence-electron chi connectivity index (χ3n) is 14.8. The highest BCUT2D eigenvalue weighted by atomic mass is 16.5. The highest BCUT2D eigenvalue weighted by Crippen LogP contribution is 2.63. The van der Waals surface area contributed by atoms with Crippen LogP contribution in [-0.4, -0.2) is 6.71 Å². The summed E-state index contributed by atoms with van der Waals surface area (Å²) in [5.74, 6) is 4.64. The standard InChI is InChI=1S/C64H54BNO2/c1-40(2)47-35-49(41(3)4)63(50(36-47)42(5)6)65-55-25-15-18-28-61(55)68-62-39-48(31-32-56(62)65)66-57-33-29-45(43-19-9-7-10-20-43)37-53(57)64(54-38-46(30-34-58(54)66)44-21-11-8-12-22-44)51-23-13-16-26-59(51)67-60-27-17-14-24-52(60)64/h7-42H,1-6H3. The molecule has 4 heteroatoms. The minimum atomic E-state index is -0.737. The van der Waals surface area contributed by atoms with Crippen molar-refractivity contribution in [1.82, 2.24) is 0 Å². The average Bonchev–Trinajstić information content (AvgIpc) is 3.37. The Morgan fingerprint density at radius 1 is 0.382 bits per heavy atom. The van der Waals surface area contributed by atoms with Crippen molar-refractivity contribution >= 4 is 40.2 Å². The third kappa shape index (κ3) is 6.49. The molecule has 0 saturated heterocycles. The molecule has 3 nitrogen and oxygen atoms in total. The predicted octanol–water partition coefficient (Wildman–Crippen LogP) is 15.3. The molecule has 68 heavy (non-hydrogen) atoms. The Kier molecular flexibility index (Phi) is 10.1. The molecule has 0 N–H and O–H groups in total. The molecule has 9 aromatic rings. The number of rotatable bonds is 7. The summed E-state index contributed by atoms with van der Waals surface area (Å²) in [6, 6.07) is 73.6. The van der Waals surface area contributed by atoms with Crippen LogP contribution in [0.4, 0.5) is 17.1 Å². The molecule has 1 spiro atoms. The lowest BCUT2D eigenvalue weighted by molar-refractivity contribution is 0.434. The largest absolute Gasteiger partial charge is 0.458 e. The number of hydrogen-bond donors (Lipinski definition) is 0. The molecule has 3 aliphatic rings. The van der Waals surface area contributed by atoms with E-state index in [9.17, 15) is 0 Å². The maximum Gasteiger partial charge on any atom is 0.251 e. The number of fused-ring (bicyclic) bond motifs is 10. The molecular weight excluding hydrogens is 826 g/mol. The van der Waals surface area contributed by atoms with Gasteiger partial charge in [-0.2, -0.15) is 0 Å². The number of nitrogens with zero attached hydrogens (tertiary/aromatic N) is 1. The fourth-order valence-electron chi connectivity index (χ4n) is 11.6. The molecule has 0 atom stereocenters. The van der Waals surface area contributed by atoms with Gasteiger partial charge in [-0.05, 0) is 127 Å². The van der Waals surface area contributed by atoms with Gasteiger partial charge in [-0.25, -0.2) is 0 Å². The SMILES string of the molecule is CC(C)c1cc(C(C)C)c(B2c3ccccc3Oc3cc(N4c5ccc(-c6ccccc6)cc5C5(c6ccccc6Oc6ccccc65)c5cc(-c6ccccc6)ccc54)ccc32)c(C(C)C)c1. The third-order valence-corrected chi connectivity index (χ3v) is 14.8. The summed E-state index contributed by atoms with van der Waals surface area (Å²) in [4.78, 5) is 2.48. The second-order valence-electron chi connectivity index (χ2n) is 19.7. The van der Waals surface area contributed by atoms with Crippen molar-refractivity contribution in [2.45, 2.75) is 64.7 Å². The van der Waals surface area contributed by atoms with Gasteiger partial charge in [0.1, 0.15) is 23.0 Å². The molecule has 3 heterocycles. The van der Waals surface area contributed by atoms with E-state index in [1.54, 1.807) is 0 Å². The number of anilines is 3. The van der Waals surface area contributed by atoms with Gasteiger partial charge in [-0.3, -0.25) is 0 Å². The van der Waals surface area contributed by atoms with E-state index in [1.807, 2.05) is 0 Å². The van der Waals surface area contributed by atoms with Crippen LogP contribution in [0.3, 0.4) is 0 Å². The summed E-state index contributed by atoms with van der Waals surface area (Å²) in [6.07, 6.45) is 0. The zero-order valence-corrected chi connectivity index (χ0v) is 39.6. The van der Waals surface area contributed by atoms with E-state index in [0.717, 1.165) is 62.3 Å². The fraction of sp³-hybridized carbons (Fsp3) is 0.156. The summed E-state index contributed by atoms with van der Waals surface area (Å²) in [5.41, 5.74) is 19.8. The molecule has 3 aliphatic heterocycles. The van der Waals surface area contributed by atoms with Crippen molar-refractivity contribution in [1.29, 1.82) is 0 Å². The lowest BCUT2D eigenvalue weighted by atomic mass is 9.34. The Morgan fingerprint density at radius 3 is 1.38 bits per heavy atom. The van der Waals surface area contributed by atoms with Crippen LogP contribution in [0.25, 0.3) is 22.3 Å². The predicted molar refractivity (Wildman–Crippen MR) is 284 cm³/mol. The molecular formula is C64H54BNO2. The van der Waals surface area contributed by atoms with Gasteiger partial charge in [0.05, 0.1) is 16.8 Å². The summed E-state index contributed by atoms with van der Waals surface area (Å²) in [7, 11) is 0. The first-order valence-electron chi connectivity index (χ1n) is 24.4. The van der Waals surface area contributed by atoms with Crippen molar-refractivity contribution < 1.29 is 9.47 Å². The molecule has 9 aromatic carbocycles. The average molecular weight is 880 g/mol. The molecule has 0 bridgehead atoms. The zero-order chi connectivity index (χ0) is 46.3. The van der Waals surface area contributed by atoms with Crippen LogP contribution >= 0.6 is 0 Å². The van der Waals surface area contributed by atoms with Crippen LogP contribution in [-0.2, 0) is 5.41 Å². The van der Waals surface area contributed by atoms with Gasteiger partial charge in [-0.15, -0.1) is 0 Å². The molecule has 0 saturated carbocycles. The van der Waals surface area contributed by atoms with E-state index in [1.165, 1.54) is 55.3 Å². The quantitative estimate of drug-likeness (QED) is 0.149. The van der Waals surface area contributed by atoms with Gasteiger partial charge in [0.25, 0.3) is 6.71 Å². The lowest BCUT2D eigenvalue weighted by Crippen LogP contribution is -2.57. The van der Waals surface area contributed by atoms with Gasteiger partial charge < -0.3 is 14.4 Å². The Hall–Kier alpha value is -7.56. The summed E-state index contributed by atoms with van der Waals surface area (Å²) < 4.78 is 14.0. The lowest BCUT2D eigenvalue weighted by Gasteiger charge is -2.49. The molecule has 0 aromatic heterocycles. The van der Waals surface area contributed by atoms with Crippen molar-refractivity contribution in [2.75, 3.05) is 4.90 Å². The molecule has 0 unspecified atom stereocenters. The summed E-state index contributed by atoms with van der Waals surface area (Å²) >= 11 is 0. The minimum absolute atomic E-state index is 0.00122. The van der Waals surface area contributed by atoms with Gasteiger partial charge in [0.15, 0.2) is 0 Å².